The van der Waals surface area contributed by atoms with Crippen molar-refractivity contribution in [3.05, 3.63) is 59.7 Å². The van der Waals surface area contributed by atoms with Crippen LogP contribution in [0.25, 0.3) is 0 Å². The lowest BCUT2D eigenvalue weighted by Gasteiger charge is -2.35. The van der Waals surface area contributed by atoms with Gasteiger partial charge in [-0.3, -0.25) is 14.5 Å². The van der Waals surface area contributed by atoms with E-state index in [1.165, 1.54) is 42.3 Å². The van der Waals surface area contributed by atoms with Crippen LogP contribution in [0.4, 0.5) is 5.69 Å². The number of nitrogens with one attached hydrogen (secondary N) is 2. The number of piperazine rings is 1. The van der Waals surface area contributed by atoms with E-state index < -0.39 is 10.0 Å². The average molecular weight is 459 g/mol. The zero-order chi connectivity index (χ0) is 23.1. The van der Waals surface area contributed by atoms with Crippen molar-refractivity contribution < 1.29 is 18.0 Å². The maximum absolute atomic E-state index is 12.5. The number of aryl methyl sites for hydroxylation is 1. The van der Waals surface area contributed by atoms with Crippen LogP contribution in [0.5, 0.6) is 0 Å². The van der Waals surface area contributed by atoms with Crippen LogP contribution < -0.4 is 10.0 Å². The quantitative estimate of drug-likeness (QED) is 0.630. The van der Waals surface area contributed by atoms with E-state index in [2.05, 4.69) is 34.0 Å². The van der Waals surface area contributed by atoms with Crippen LogP contribution in [0, 0.1) is 6.92 Å². The van der Waals surface area contributed by atoms with Crippen molar-refractivity contribution in [3.63, 3.8) is 0 Å². The molecule has 2 N–H and O–H groups in total. The summed E-state index contributed by atoms with van der Waals surface area (Å²) >= 11 is 0. The fourth-order valence-corrected chi connectivity index (χ4v) is 4.67. The fraction of sp³-hybridized carbons (Fsp3) is 0.391. The first-order valence-corrected chi connectivity index (χ1v) is 12.1. The average Bonchev–Trinajstić information content (AvgIpc) is 2.75. The molecule has 3 rings (SSSR count). The Hall–Kier alpha value is -2.75. The van der Waals surface area contributed by atoms with E-state index in [1.807, 2.05) is 12.1 Å². The van der Waals surface area contributed by atoms with Crippen molar-refractivity contribution in [1.82, 2.24) is 14.5 Å². The summed E-state index contributed by atoms with van der Waals surface area (Å²) in [6, 6.07) is 14.2. The minimum Gasteiger partial charge on any atom is -0.340 e. The maximum atomic E-state index is 12.5. The minimum absolute atomic E-state index is 0.0397. The van der Waals surface area contributed by atoms with Crippen LogP contribution in [0.2, 0.25) is 0 Å². The first-order chi connectivity index (χ1) is 15.2. The lowest BCUT2D eigenvalue weighted by Crippen LogP contribution is -2.48. The van der Waals surface area contributed by atoms with Gasteiger partial charge in [0, 0.05) is 58.3 Å². The summed E-state index contributed by atoms with van der Waals surface area (Å²) < 4.78 is 27.4. The molecule has 0 atom stereocenters. The normalized spacial score (nSPS) is 14.9. The molecule has 0 saturated carbocycles. The van der Waals surface area contributed by atoms with Crippen LogP contribution in [0.1, 0.15) is 24.5 Å². The zero-order valence-electron chi connectivity index (χ0n) is 18.5. The second-order valence-corrected chi connectivity index (χ2v) is 9.70. The summed E-state index contributed by atoms with van der Waals surface area (Å²) in [6.45, 7) is 7.27. The number of amides is 2. The van der Waals surface area contributed by atoms with Gasteiger partial charge in [0.2, 0.25) is 21.8 Å². The molecule has 0 radical (unpaired) electrons. The Balaban J connectivity index is 1.43. The molecule has 2 aromatic rings. The third kappa shape index (κ3) is 6.62. The standard InChI is InChI=1S/C23H30N4O4S/c1-18-5-3-4-6-20(18)17-26-13-15-27(16-14-26)23(29)11-12-24-32(30,31)22-9-7-21(8-10-22)25-19(2)28/h3-10,24H,11-17H2,1-2H3,(H,25,28). The van der Waals surface area contributed by atoms with Crippen molar-refractivity contribution >= 4 is 27.5 Å². The molecule has 0 unspecified atom stereocenters. The molecule has 8 nitrogen and oxygen atoms in total. The van der Waals surface area contributed by atoms with Gasteiger partial charge in [-0.2, -0.15) is 0 Å². The van der Waals surface area contributed by atoms with Gasteiger partial charge in [0.05, 0.1) is 4.90 Å². The van der Waals surface area contributed by atoms with E-state index in [0.717, 1.165) is 19.6 Å². The van der Waals surface area contributed by atoms with Crippen molar-refractivity contribution in [2.24, 2.45) is 0 Å². The van der Waals surface area contributed by atoms with Gasteiger partial charge in [0.25, 0.3) is 0 Å². The zero-order valence-corrected chi connectivity index (χ0v) is 19.3. The molecule has 1 heterocycles. The van der Waals surface area contributed by atoms with Crippen LogP contribution in [0.3, 0.4) is 0 Å². The van der Waals surface area contributed by atoms with E-state index in [9.17, 15) is 18.0 Å². The van der Waals surface area contributed by atoms with Crippen LogP contribution >= 0.6 is 0 Å². The Morgan fingerprint density at radius 2 is 1.62 bits per heavy atom. The van der Waals surface area contributed by atoms with E-state index >= 15 is 0 Å². The molecule has 0 bridgehead atoms. The van der Waals surface area contributed by atoms with Gasteiger partial charge in [-0.1, -0.05) is 24.3 Å². The van der Waals surface area contributed by atoms with Crippen molar-refractivity contribution in [2.45, 2.75) is 31.7 Å². The molecule has 2 amide bonds. The monoisotopic (exact) mass is 458 g/mol. The highest BCUT2D eigenvalue weighted by Gasteiger charge is 2.22. The van der Waals surface area contributed by atoms with Crippen LogP contribution in [0.15, 0.2) is 53.4 Å². The molecular weight excluding hydrogens is 428 g/mol. The molecule has 172 valence electrons. The summed E-state index contributed by atoms with van der Waals surface area (Å²) in [5.74, 6) is -0.280. The van der Waals surface area contributed by atoms with Crippen molar-refractivity contribution in [1.29, 1.82) is 0 Å². The maximum Gasteiger partial charge on any atom is 0.240 e. The van der Waals surface area contributed by atoms with E-state index in [1.54, 1.807) is 4.90 Å². The predicted molar refractivity (Wildman–Crippen MR) is 124 cm³/mol. The number of rotatable bonds is 8. The summed E-state index contributed by atoms with van der Waals surface area (Å²) in [5, 5.41) is 2.59. The summed E-state index contributed by atoms with van der Waals surface area (Å²) in [6.07, 6.45) is 0.112. The molecule has 1 saturated heterocycles. The number of anilines is 1. The Labute approximate surface area is 189 Å². The number of hydrogen-bond acceptors (Lipinski definition) is 5. The highest BCUT2D eigenvalue weighted by Crippen LogP contribution is 2.15. The van der Waals surface area contributed by atoms with Gasteiger partial charge in [-0.25, -0.2) is 13.1 Å². The lowest BCUT2D eigenvalue weighted by atomic mass is 10.1. The fourth-order valence-electron chi connectivity index (χ4n) is 3.64. The summed E-state index contributed by atoms with van der Waals surface area (Å²) in [4.78, 5) is 27.8. The van der Waals surface area contributed by atoms with Gasteiger partial charge >= 0.3 is 0 Å². The second kappa shape index (κ2) is 10.7. The highest BCUT2D eigenvalue weighted by molar-refractivity contribution is 7.89. The van der Waals surface area contributed by atoms with Gasteiger partial charge in [-0.05, 0) is 42.3 Å². The molecule has 0 spiro atoms. The Bertz CT molecular complexity index is 1050. The third-order valence-corrected chi connectivity index (χ3v) is 6.97. The van der Waals surface area contributed by atoms with Crippen LogP contribution in [-0.2, 0) is 26.2 Å². The molecule has 0 aliphatic carbocycles. The van der Waals surface area contributed by atoms with Gasteiger partial charge in [0.15, 0.2) is 0 Å². The lowest BCUT2D eigenvalue weighted by molar-refractivity contribution is -0.132. The number of sulfonamides is 1. The van der Waals surface area contributed by atoms with E-state index in [0.29, 0.717) is 18.8 Å². The summed E-state index contributed by atoms with van der Waals surface area (Å²) in [7, 11) is -3.72. The Kier molecular flexibility index (Phi) is 8.00. The number of benzene rings is 2. The molecule has 9 heteroatoms. The topological polar surface area (TPSA) is 98.8 Å². The van der Waals surface area contributed by atoms with Gasteiger partial charge in [-0.15, -0.1) is 0 Å². The van der Waals surface area contributed by atoms with Crippen molar-refractivity contribution in [2.75, 3.05) is 38.0 Å². The van der Waals surface area contributed by atoms with Crippen LogP contribution in [-0.4, -0.2) is 62.8 Å². The first-order valence-electron chi connectivity index (χ1n) is 10.7. The predicted octanol–water partition coefficient (Wildman–Crippen LogP) is 1.97. The molecule has 1 aliphatic heterocycles. The van der Waals surface area contributed by atoms with Crippen molar-refractivity contribution in [3.8, 4) is 0 Å². The highest BCUT2D eigenvalue weighted by atomic mass is 32.2. The Morgan fingerprint density at radius 3 is 2.25 bits per heavy atom. The first kappa shape index (κ1) is 23.9. The molecule has 32 heavy (non-hydrogen) atoms. The number of carbonyl (C=O) groups excluding carboxylic acids is 2. The molecular formula is C23H30N4O4S. The molecule has 0 aromatic heterocycles. The molecule has 2 aromatic carbocycles. The number of nitrogens with zero attached hydrogens (tertiary/aromatic N) is 2. The smallest absolute Gasteiger partial charge is 0.240 e. The van der Waals surface area contributed by atoms with E-state index in [4.69, 9.17) is 0 Å². The van der Waals surface area contributed by atoms with Gasteiger partial charge in [0.1, 0.15) is 0 Å². The molecule has 1 aliphatic rings. The van der Waals surface area contributed by atoms with Gasteiger partial charge < -0.3 is 10.2 Å². The minimum atomic E-state index is -3.72. The largest absolute Gasteiger partial charge is 0.340 e. The SMILES string of the molecule is CC(=O)Nc1ccc(S(=O)(=O)NCCC(=O)N2CCN(Cc3ccccc3C)CC2)cc1. The third-order valence-electron chi connectivity index (χ3n) is 5.50. The van der Waals surface area contributed by atoms with E-state index in [-0.39, 0.29) is 29.7 Å². The molecule has 1 fully saturated rings. The summed E-state index contributed by atoms with van der Waals surface area (Å²) in [5.41, 5.74) is 3.09. The number of hydrogen-bond donors (Lipinski definition) is 2. The second-order valence-electron chi connectivity index (χ2n) is 7.94. The number of carbonyl (C=O) groups is 2. The Morgan fingerprint density at radius 1 is 0.969 bits per heavy atom.